The molecule has 1 aromatic carbocycles. The van der Waals surface area contributed by atoms with Gasteiger partial charge in [0.1, 0.15) is 12.1 Å². The molecule has 0 radical (unpaired) electrons. The van der Waals surface area contributed by atoms with Crippen LogP contribution in [0, 0.1) is 12.8 Å². The van der Waals surface area contributed by atoms with Gasteiger partial charge in [0.25, 0.3) is 0 Å². The lowest BCUT2D eigenvalue weighted by atomic mass is 9.83. The number of hydrogen-bond acceptors (Lipinski definition) is 7. The molecule has 9 nitrogen and oxygen atoms in total. The molecule has 1 saturated heterocycles. The molecular formula is C29H36N6O3S. The first-order valence-electron chi connectivity index (χ1n) is 14.2. The zero-order chi connectivity index (χ0) is 26.9. The van der Waals surface area contributed by atoms with Crippen molar-refractivity contribution in [1.29, 1.82) is 0 Å². The predicted octanol–water partition coefficient (Wildman–Crippen LogP) is 3.99. The summed E-state index contributed by atoms with van der Waals surface area (Å²) in [6.45, 7) is 2.51. The van der Waals surface area contributed by atoms with Crippen LogP contribution >= 0.6 is 11.3 Å². The molecule has 6 rings (SSSR count). The molecule has 3 atom stereocenters. The van der Waals surface area contributed by atoms with Crippen LogP contribution in [0.2, 0.25) is 0 Å². The van der Waals surface area contributed by atoms with E-state index in [1.165, 1.54) is 6.42 Å². The maximum Gasteiger partial charge on any atom is 0.248 e. The highest BCUT2D eigenvalue weighted by atomic mass is 32.1. The van der Waals surface area contributed by atoms with Gasteiger partial charge in [-0.2, -0.15) is 0 Å². The topological polar surface area (TPSA) is 113 Å². The maximum atomic E-state index is 14.1. The molecule has 1 aliphatic heterocycles. The summed E-state index contributed by atoms with van der Waals surface area (Å²) in [4.78, 5) is 34.5. The van der Waals surface area contributed by atoms with E-state index in [4.69, 9.17) is 0 Å². The minimum atomic E-state index is -0.726. The molecule has 3 fully saturated rings. The third-order valence-corrected chi connectivity index (χ3v) is 9.43. The minimum Gasteiger partial charge on any atom is -0.391 e. The van der Waals surface area contributed by atoms with E-state index in [1.807, 2.05) is 42.9 Å². The van der Waals surface area contributed by atoms with Gasteiger partial charge in [0.15, 0.2) is 0 Å². The highest BCUT2D eigenvalue weighted by Gasteiger charge is 2.44. The molecule has 39 heavy (non-hydrogen) atoms. The summed E-state index contributed by atoms with van der Waals surface area (Å²) in [6, 6.07) is 6.89. The van der Waals surface area contributed by atoms with Crippen LogP contribution in [0.1, 0.15) is 80.3 Å². The minimum absolute atomic E-state index is 0.130. The van der Waals surface area contributed by atoms with Crippen LogP contribution in [-0.4, -0.2) is 60.5 Å². The van der Waals surface area contributed by atoms with E-state index in [2.05, 4.69) is 20.6 Å². The Kier molecular flexibility index (Phi) is 7.49. The summed E-state index contributed by atoms with van der Waals surface area (Å²) in [7, 11) is 0. The number of aliphatic hydroxyl groups excluding tert-OH is 1. The number of aryl methyl sites for hydroxylation is 1. The van der Waals surface area contributed by atoms with E-state index in [1.54, 1.807) is 20.9 Å². The van der Waals surface area contributed by atoms with Crippen molar-refractivity contribution >= 4 is 23.2 Å². The fraction of sp³-hybridized carbons (Fsp3) is 0.552. The molecule has 0 bridgehead atoms. The molecule has 2 amide bonds. The Hall–Kier alpha value is -3.11. The fourth-order valence-corrected chi connectivity index (χ4v) is 6.92. The second kappa shape index (κ2) is 11.2. The first kappa shape index (κ1) is 26.1. The van der Waals surface area contributed by atoms with E-state index in [9.17, 15) is 14.7 Å². The number of nitrogens with one attached hydrogen (secondary N) is 1. The number of aliphatic hydroxyl groups is 1. The monoisotopic (exact) mass is 548 g/mol. The molecule has 0 spiro atoms. The number of benzene rings is 1. The standard InChI is InChI=1S/C29H36N6O3S/c1-18-27(39-17-31-18)22-9-7-19(8-10-22)14-30-28(37)25-13-23(36)15-34(25)29(38)26(21-5-3-2-4-6-21)35-16-24(32-33-35)20-11-12-20/h7-10,16-17,20-21,23,25-26,36H,2-6,11-15H2,1H3,(H,30,37)/t23-,25+,26+/m1/s1. The molecule has 2 aromatic heterocycles. The first-order chi connectivity index (χ1) is 19.0. The number of thiazole rings is 1. The lowest BCUT2D eigenvalue weighted by Crippen LogP contribution is -2.49. The molecule has 3 aliphatic rings. The summed E-state index contributed by atoms with van der Waals surface area (Å²) in [5.41, 5.74) is 5.88. The molecule has 2 aliphatic carbocycles. The average Bonchev–Trinajstić information content (AvgIpc) is 3.32. The van der Waals surface area contributed by atoms with Crippen molar-refractivity contribution in [3.8, 4) is 10.4 Å². The number of carbonyl (C=O) groups is 2. The number of β-amino-alcohol motifs (C(OH)–C–C–N with tert-alkyl or cyclic N) is 1. The van der Waals surface area contributed by atoms with Gasteiger partial charge in [0, 0.05) is 31.6 Å². The zero-order valence-corrected chi connectivity index (χ0v) is 23.1. The number of aromatic nitrogens is 4. The Labute approximate surface area is 232 Å². The lowest BCUT2D eigenvalue weighted by molar-refractivity contribution is -0.143. The van der Waals surface area contributed by atoms with E-state index < -0.39 is 18.2 Å². The summed E-state index contributed by atoms with van der Waals surface area (Å²) in [5, 5.41) is 22.3. The van der Waals surface area contributed by atoms with Crippen LogP contribution in [0.15, 0.2) is 36.0 Å². The van der Waals surface area contributed by atoms with Gasteiger partial charge in [0.05, 0.1) is 27.9 Å². The maximum absolute atomic E-state index is 14.1. The van der Waals surface area contributed by atoms with Gasteiger partial charge < -0.3 is 15.3 Å². The lowest BCUT2D eigenvalue weighted by Gasteiger charge is -2.33. The predicted molar refractivity (Wildman–Crippen MR) is 148 cm³/mol. The average molecular weight is 549 g/mol. The first-order valence-corrected chi connectivity index (χ1v) is 15.0. The summed E-state index contributed by atoms with van der Waals surface area (Å²) in [5.74, 6) is 0.243. The summed E-state index contributed by atoms with van der Waals surface area (Å²) >= 11 is 1.61. The van der Waals surface area contributed by atoms with Gasteiger partial charge in [-0.1, -0.05) is 48.7 Å². The molecule has 3 heterocycles. The van der Waals surface area contributed by atoms with Crippen LogP contribution in [0.3, 0.4) is 0 Å². The second-order valence-electron chi connectivity index (χ2n) is 11.3. The van der Waals surface area contributed by atoms with Gasteiger partial charge >= 0.3 is 0 Å². The summed E-state index contributed by atoms with van der Waals surface area (Å²) < 4.78 is 1.75. The zero-order valence-electron chi connectivity index (χ0n) is 22.3. The van der Waals surface area contributed by atoms with Crippen LogP contribution in [0.5, 0.6) is 0 Å². The second-order valence-corrected chi connectivity index (χ2v) is 12.2. The largest absolute Gasteiger partial charge is 0.391 e. The fourth-order valence-electron chi connectivity index (χ4n) is 6.11. The molecule has 2 saturated carbocycles. The van der Waals surface area contributed by atoms with E-state index in [0.29, 0.717) is 12.5 Å². The molecule has 2 N–H and O–H groups in total. The van der Waals surface area contributed by atoms with E-state index in [0.717, 1.165) is 65.9 Å². The van der Waals surface area contributed by atoms with Crippen molar-refractivity contribution in [2.45, 2.75) is 88.9 Å². The van der Waals surface area contributed by atoms with Gasteiger partial charge in [-0.3, -0.25) is 9.59 Å². The molecule has 3 aromatic rings. The molecule has 206 valence electrons. The van der Waals surface area contributed by atoms with Crippen LogP contribution in [0.25, 0.3) is 10.4 Å². The van der Waals surface area contributed by atoms with Crippen molar-refractivity contribution < 1.29 is 14.7 Å². The van der Waals surface area contributed by atoms with Crippen molar-refractivity contribution in [3.05, 3.63) is 52.9 Å². The Balaban J connectivity index is 1.15. The number of carbonyl (C=O) groups excluding carboxylic acids is 2. The van der Waals surface area contributed by atoms with E-state index in [-0.39, 0.29) is 30.7 Å². The highest BCUT2D eigenvalue weighted by molar-refractivity contribution is 7.13. The SMILES string of the molecule is Cc1ncsc1-c1ccc(CNC(=O)[C@@H]2C[C@@H](O)CN2C(=O)[C@H](C2CCCCC2)n2cc(C3CC3)nn2)cc1. The smallest absolute Gasteiger partial charge is 0.248 e. The Morgan fingerprint density at radius 3 is 2.59 bits per heavy atom. The Morgan fingerprint density at radius 2 is 1.90 bits per heavy atom. The van der Waals surface area contributed by atoms with Crippen molar-refractivity contribution in [2.75, 3.05) is 6.54 Å². The molecule has 10 heteroatoms. The molecule has 0 unspecified atom stereocenters. The normalized spacial score (nSPS) is 22.7. The van der Waals surface area contributed by atoms with Gasteiger partial charge in [0.2, 0.25) is 11.8 Å². The number of rotatable bonds is 8. The van der Waals surface area contributed by atoms with Crippen molar-refractivity contribution in [1.82, 2.24) is 30.2 Å². The van der Waals surface area contributed by atoms with Gasteiger partial charge in [-0.25, -0.2) is 9.67 Å². The van der Waals surface area contributed by atoms with Gasteiger partial charge in [-0.05, 0) is 49.7 Å². The van der Waals surface area contributed by atoms with Crippen LogP contribution < -0.4 is 5.32 Å². The number of nitrogens with zero attached hydrogens (tertiary/aromatic N) is 5. The van der Waals surface area contributed by atoms with Crippen molar-refractivity contribution in [3.63, 3.8) is 0 Å². The Bertz CT molecular complexity index is 1310. The molecular weight excluding hydrogens is 512 g/mol. The third-order valence-electron chi connectivity index (χ3n) is 8.45. The Morgan fingerprint density at radius 1 is 1.13 bits per heavy atom. The summed E-state index contributed by atoms with van der Waals surface area (Å²) in [6.07, 6.45) is 8.97. The van der Waals surface area contributed by atoms with Crippen LogP contribution in [0.4, 0.5) is 0 Å². The number of amides is 2. The van der Waals surface area contributed by atoms with E-state index >= 15 is 0 Å². The van der Waals surface area contributed by atoms with Crippen LogP contribution in [-0.2, 0) is 16.1 Å². The van der Waals surface area contributed by atoms with Crippen molar-refractivity contribution in [2.24, 2.45) is 5.92 Å². The number of hydrogen-bond donors (Lipinski definition) is 2. The van der Waals surface area contributed by atoms with Gasteiger partial charge in [-0.15, -0.1) is 16.4 Å². The third kappa shape index (κ3) is 5.63. The highest BCUT2D eigenvalue weighted by Crippen LogP contribution is 2.40. The number of likely N-dealkylation sites (tertiary alicyclic amines) is 1. The quantitative estimate of drug-likeness (QED) is 0.440.